The van der Waals surface area contributed by atoms with Crippen molar-refractivity contribution in [2.45, 2.75) is 13.8 Å². The molecule has 1 heterocycles. The molecule has 3 aromatic rings. The van der Waals surface area contributed by atoms with Crippen molar-refractivity contribution < 1.29 is 18.7 Å². The van der Waals surface area contributed by atoms with Gasteiger partial charge in [0.25, 0.3) is 0 Å². The molecule has 0 bridgehead atoms. The predicted octanol–water partition coefficient (Wildman–Crippen LogP) is 4.56. The summed E-state index contributed by atoms with van der Waals surface area (Å²) in [6.07, 6.45) is 0. The molecule has 132 valence electrons. The highest BCUT2D eigenvalue weighted by Gasteiger charge is 2.22. The molecule has 0 spiro atoms. The van der Waals surface area contributed by atoms with Gasteiger partial charge in [0, 0.05) is 5.56 Å². The number of halogens is 1. The van der Waals surface area contributed by atoms with Gasteiger partial charge in [0.05, 0.1) is 18.0 Å². The van der Waals surface area contributed by atoms with E-state index < -0.39 is 5.97 Å². The number of carbonyl (C=O) groups excluding carboxylic acids is 1. The molecule has 2 aromatic carbocycles. The number of hydrogen-bond acceptors (Lipinski definition) is 5. The van der Waals surface area contributed by atoms with Gasteiger partial charge < -0.3 is 9.47 Å². The van der Waals surface area contributed by atoms with Crippen LogP contribution in [0.3, 0.4) is 0 Å². The fourth-order valence-corrected chi connectivity index (χ4v) is 2.45. The zero-order chi connectivity index (χ0) is 18.5. The average molecular weight is 352 g/mol. The number of benzene rings is 2. The summed E-state index contributed by atoms with van der Waals surface area (Å²) in [5.41, 5.74) is 1.56. The normalized spacial score (nSPS) is 10.4. The van der Waals surface area contributed by atoms with Crippen LogP contribution in [0.5, 0.6) is 11.8 Å². The minimum Gasteiger partial charge on any atom is -0.462 e. The zero-order valence-corrected chi connectivity index (χ0v) is 14.4. The molecule has 0 aliphatic rings. The molecule has 0 N–H and O–H groups in total. The lowest BCUT2D eigenvalue weighted by atomic mass is 10.0. The second-order valence-corrected chi connectivity index (χ2v) is 5.46. The molecule has 0 unspecified atom stereocenters. The van der Waals surface area contributed by atoms with Crippen LogP contribution in [0.25, 0.3) is 11.3 Å². The van der Waals surface area contributed by atoms with Crippen LogP contribution in [0.1, 0.15) is 23.0 Å². The van der Waals surface area contributed by atoms with Crippen molar-refractivity contribution in [2.75, 3.05) is 6.61 Å². The van der Waals surface area contributed by atoms with E-state index in [1.54, 1.807) is 38.1 Å². The maximum Gasteiger partial charge on any atom is 0.342 e. The maximum atomic E-state index is 13.3. The summed E-state index contributed by atoms with van der Waals surface area (Å²) in [6.45, 7) is 3.63. The molecule has 1 aromatic heterocycles. The Bertz CT molecular complexity index is 912. The highest BCUT2D eigenvalue weighted by Crippen LogP contribution is 2.28. The zero-order valence-electron chi connectivity index (χ0n) is 14.4. The number of esters is 1. The predicted molar refractivity (Wildman–Crippen MR) is 94.6 cm³/mol. The van der Waals surface area contributed by atoms with E-state index >= 15 is 0 Å². The fraction of sp³-hybridized carbons (Fsp3) is 0.150. The van der Waals surface area contributed by atoms with Crippen LogP contribution in [-0.4, -0.2) is 22.5 Å². The number of rotatable bonds is 5. The van der Waals surface area contributed by atoms with Gasteiger partial charge in [-0.1, -0.05) is 18.2 Å². The highest BCUT2D eigenvalue weighted by atomic mass is 19.1. The van der Waals surface area contributed by atoms with E-state index in [1.807, 2.05) is 18.2 Å². The lowest BCUT2D eigenvalue weighted by Gasteiger charge is -2.13. The van der Waals surface area contributed by atoms with Crippen molar-refractivity contribution in [3.63, 3.8) is 0 Å². The lowest BCUT2D eigenvalue weighted by Crippen LogP contribution is -2.12. The molecule has 6 heteroatoms. The fourth-order valence-electron chi connectivity index (χ4n) is 2.45. The molecule has 0 saturated carbocycles. The molecule has 0 aliphatic heterocycles. The SMILES string of the molecule is CCOC(=O)c1c(C)nc(Oc2ccccc2)nc1-c1ccc(F)cc1. The Balaban J connectivity index is 2.10. The van der Waals surface area contributed by atoms with Gasteiger partial charge in [0.1, 0.15) is 17.1 Å². The summed E-state index contributed by atoms with van der Waals surface area (Å²) in [5, 5.41) is 0. The first-order valence-electron chi connectivity index (χ1n) is 8.13. The standard InChI is InChI=1S/C20H17FN2O3/c1-3-25-19(24)17-13(2)22-20(26-16-7-5-4-6-8-16)23-18(17)14-9-11-15(21)12-10-14/h4-12H,3H2,1-2H3. The van der Waals surface area contributed by atoms with Gasteiger partial charge in [-0.2, -0.15) is 9.97 Å². The smallest absolute Gasteiger partial charge is 0.342 e. The molecule has 0 saturated heterocycles. The van der Waals surface area contributed by atoms with Gasteiger partial charge in [-0.15, -0.1) is 0 Å². The molecule has 0 aliphatic carbocycles. The molecular weight excluding hydrogens is 335 g/mol. The third-order valence-electron chi connectivity index (χ3n) is 3.62. The molecule has 26 heavy (non-hydrogen) atoms. The second-order valence-electron chi connectivity index (χ2n) is 5.46. The lowest BCUT2D eigenvalue weighted by molar-refractivity contribution is 0.0525. The van der Waals surface area contributed by atoms with Crippen LogP contribution in [-0.2, 0) is 4.74 Å². The van der Waals surface area contributed by atoms with E-state index in [-0.39, 0.29) is 24.0 Å². The number of aromatic nitrogens is 2. The molecule has 5 nitrogen and oxygen atoms in total. The van der Waals surface area contributed by atoms with Gasteiger partial charge in [-0.3, -0.25) is 0 Å². The van der Waals surface area contributed by atoms with Crippen molar-refractivity contribution in [2.24, 2.45) is 0 Å². The van der Waals surface area contributed by atoms with E-state index in [0.29, 0.717) is 22.7 Å². The van der Waals surface area contributed by atoms with Gasteiger partial charge in [-0.25, -0.2) is 9.18 Å². The first kappa shape index (κ1) is 17.5. The maximum absolute atomic E-state index is 13.3. The minimum atomic E-state index is -0.532. The van der Waals surface area contributed by atoms with Crippen molar-refractivity contribution in [3.05, 3.63) is 71.7 Å². The summed E-state index contributed by atoms with van der Waals surface area (Å²) in [7, 11) is 0. The third kappa shape index (κ3) is 3.85. The van der Waals surface area contributed by atoms with E-state index in [0.717, 1.165) is 0 Å². The molecule has 3 rings (SSSR count). The molecule has 0 amide bonds. The second kappa shape index (κ2) is 7.74. The Labute approximate surface area is 150 Å². The molecule has 0 radical (unpaired) electrons. The van der Waals surface area contributed by atoms with Crippen LogP contribution in [0.2, 0.25) is 0 Å². The number of carbonyl (C=O) groups is 1. The van der Waals surface area contributed by atoms with Crippen LogP contribution in [0.4, 0.5) is 4.39 Å². The van der Waals surface area contributed by atoms with E-state index in [2.05, 4.69) is 9.97 Å². The van der Waals surface area contributed by atoms with Crippen molar-refractivity contribution in [3.8, 4) is 23.0 Å². The number of hydrogen-bond donors (Lipinski definition) is 0. The number of aryl methyl sites for hydroxylation is 1. The van der Waals surface area contributed by atoms with Crippen LogP contribution in [0, 0.1) is 12.7 Å². The summed E-state index contributed by atoms with van der Waals surface area (Å²) >= 11 is 0. The average Bonchev–Trinajstić information content (AvgIpc) is 2.63. The molecule has 0 atom stereocenters. The van der Waals surface area contributed by atoms with Gasteiger partial charge >= 0.3 is 12.0 Å². The number of para-hydroxylation sites is 1. The van der Waals surface area contributed by atoms with Crippen molar-refractivity contribution in [1.29, 1.82) is 0 Å². The van der Waals surface area contributed by atoms with Crippen molar-refractivity contribution in [1.82, 2.24) is 9.97 Å². The van der Waals surface area contributed by atoms with Gasteiger partial charge in [0.15, 0.2) is 0 Å². The van der Waals surface area contributed by atoms with E-state index in [4.69, 9.17) is 9.47 Å². The van der Waals surface area contributed by atoms with Crippen molar-refractivity contribution >= 4 is 5.97 Å². The number of ether oxygens (including phenoxy) is 2. The van der Waals surface area contributed by atoms with E-state index in [1.165, 1.54) is 12.1 Å². The van der Waals surface area contributed by atoms with Crippen LogP contribution >= 0.6 is 0 Å². The quantitative estimate of drug-likeness (QED) is 0.630. The monoisotopic (exact) mass is 352 g/mol. The summed E-state index contributed by atoms with van der Waals surface area (Å²) in [6, 6.07) is 14.9. The summed E-state index contributed by atoms with van der Waals surface area (Å²) in [4.78, 5) is 21.0. The Morgan fingerprint density at radius 2 is 1.73 bits per heavy atom. The molecular formula is C20H17FN2O3. The van der Waals surface area contributed by atoms with E-state index in [9.17, 15) is 9.18 Å². The Hall–Kier alpha value is -3.28. The van der Waals surface area contributed by atoms with Gasteiger partial charge in [0.2, 0.25) is 0 Å². The Kier molecular flexibility index (Phi) is 5.22. The number of nitrogens with zero attached hydrogens (tertiary/aromatic N) is 2. The first-order chi connectivity index (χ1) is 12.6. The topological polar surface area (TPSA) is 61.3 Å². The third-order valence-corrected chi connectivity index (χ3v) is 3.62. The Morgan fingerprint density at radius 3 is 2.38 bits per heavy atom. The van der Waals surface area contributed by atoms with Crippen LogP contribution < -0.4 is 4.74 Å². The Morgan fingerprint density at radius 1 is 1.04 bits per heavy atom. The largest absolute Gasteiger partial charge is 0.462 e. The summed E-state index contributed by atoms with van der Waals surface area (Å²) < 4.78 is 24.1. The summed E-state index contributed by atoms with van der Waals surface area (Å²) in [5.74, 6) is -0.339. The molecule has 0 fully saturated rings. The van der Waals surface area contributed by atoms with Gasteiger partial charge in [-0.05, 0) is 50.2 Å². The van der Waals surface area contributed by atoms with Crippen LogP contribution in [0.15, 0.2) is 54.6 Å². The highest BCUT2D eigenvalue weighted by molar-refractivity contribution is 5.97. The first-order valence-corrected chi connectivity index (χ1v) is 8.13. The minimum absolute atomic E-state index is 0.0982.